The molecule has 1 aromatic heterocycles. The largest absolute Gasteiger partial charge is 0.497 e. The first-order valence-corrected chi connectivity index (χ1v) is 8.34. The Morgan fingerprint density at radius 2 is 1.88 bits per heavy atom. The SMILES string of the molecule is CCNC(=NCC(O)c1ccncc1)N(C)Cc1ccc(OC)cc1.I. The van der Waals surface area contributed by atoms with Crippen LogP contribution in [0.25, 0.3) is 0 Å². The van der Waals surface area contributed by atoms with Gasteiger partial charge in [-0.05, 0) is 42.3 Å². The summed E-state index contributed by atoms with van der Waals surface area (Å²) in [7, 11) is 3.63. The lowest BCUT2D eigenvalue weighted by molar-refractivity contribution is 0.186. The molecule has 142 valence electrons. The number of aromatic nitrogens is 1. The number of halogens is 1. The molecule has 0 amide bonds. The molecular weight excluding hydrogens is 443 g/mol. The third-order valence-electron chi connectivity index (χ3n) is 3.78. The fourth-order valence-electron chi connectivity index (χ4n) is 2.41. The van der Waals surface area contributed by atoms with Gasteiger partial charge in [-0.1, -0.05) is 12.1 Å². The van der Waals surface area contributed by atoms with Gasteiger partial charge in [0.1, 0.15) is 5.75 Å². The zero-order valence-electron chi connectivity index (χ0n) is 15.4. The number of aliphatic imine (C=N–C) groups is 1. The van der Waals surface area contributed by atoms with E-state index in [0.29, 0.717) is 13.1 Å². The summed E-state index contributed by atoms with van der Waals surface area (Å²) in [5.74, 6) is 1.60. The van der Waals surface area contributed by atoms with E-state index in [4.69, 9.17) is 4.74 Å². The molecule has 0 saturated carbocycles. The van der Waals surface area contributed by atoms with E-state index in [-0.39, 0.29) is 24.0 Å². The molecule has 1 unspecified atom stereocenters. The fourth-order valence-corrected chi connectivity index (χ4v) is 2.41. The highest BCUT2D eigenvalue weighted by atomic mass is 127. The summed E-state index contributed by atoms with van der Waals surface area (Å²) in [5, 5.41) is 13.5. The standard InChI is InChI=1S/C19H26N4O2.HI/c1-4-21-19(22-13-18(24)16-9-11-20-12-10-16)23(2)14-15-5-7-17(25-3)8-6-15;/h5-12,18,24H,4,13-14H2,1-3H3,(H,21,22);1H. The van der Waals surface area contributed by atoms with Gasteiger partial charge in [0.05, 0.1) is 19.8 Å². The molecule has 0 aliphatic heterocycles. The van der Waals surface area contributed by atoms with Gasteiger partial charge in [-0.3, -0.25) is 9.98 Å². The van der Waals surface area contributed by atoms with E-state index in [1.807, 2.05) is 43.1 Å². The van der Waals surface area contributed by atoms with E-state index in [2.05, 4.69) is 15.3 Å². The lowest BCUT2D eigenvalue weighted by atomic mass is 10.1. The van der Waals surface area contributed by atoms with Crippen LogP contribution in [-0.2, 0) is 6.54 Å². The number of nitrogens with one attached hydrogen (secondary N) is 1. The molecule has 0 aliphatic carbocycles. The first kappa shape index (κ1) is 22.2. The highest BCUT2D eigenvalue weighted by Crippen LogP contribution is 2.14. The van der Waals surface area contributed by atoms with Gasteiger partial charge < -0.3 is 20.1 Å². The highest BCUT2D eigenvalue weighted by molar-refractivity contribution is 14.0. The van der Waals surface area contributed by atoms with Crippen molar-refractivity contribution >= 4 is 29.9 Å². The molecule has 7 heteroatoms. The van der Waals surface area contributed by atoms with Crippen molar-refractivity contribution in [1.82, 2.24) is 15.2 Å². The minimum Gasteiger partial charge on any atom is -0.497 e. The lowest BCUT2D eigenvalue weighted by Gasteiger charge is -2.22. The van der Waals surface area contributed by atoms with Crippen molar-refractivity contribution in [2.24, 2.45) is 4.99 Å². The summed E-state index contributed by atoms with van der Waals surface area (Å²) < 4.78 is 5.19. The smallest absolute Gasteiger partial charge is 0.194 e. The molecule has 2 N–H and O–H groups in total. The minimum absolute atomic E-state index is 0. The number of guanidine groups is 1. The average Bonchev–Trinajstić information content (AvgIpc) is 2.66. The second-order valence-electron chi connectivity index (χ2n) is 5.70. The van der Waals surface area contributed by atoms with Crippen molar-refractivity contribution in [2.45, 2.75) is 19.6 Å². The second-order valence-corrected chi connectivity index (χ2v) is 5.70. The summed E-state index contributed by atoms with van der Waals surface area (Å²) in [4.78, 5) is 10.6. The van der Waals surface area contributed by atoms with E-state index in [9.17, 15) is 5.11 Å². The van der Waals surface area contributed by atoms with Crippen LogP contribution in [0.5, 0.6) is 5.75 Å². The first-order chi connectivity index (χ1) is 12.1. The zero-order chi connectivity index (χ0) is 18.1. The number of aliphatic hydroxyl groups excluding tert-OH is 1. The maximum atomic E-state index is 10.3. The van der Waals surface area contributed by atoms with Crippen LogP contribution in [0.2, 0.25) is 0 Å². The Hall–Kier alpha value is -1.87. The summed E-state index contributed by atoms with van der Waals surface area (Å²) in [5.41, 5.74) is 1.97. The average molecular weight is 470 g/mol. The van der Waals surface area contributed by atoms with Crippen molar-refractivity contribution in [2.75, 3.05) is 27.2 Å². The summed E-state index contributed by atoms with van der Waals surface area (Å²) in [6.45, 7) is 3.79. The summed E-state index contributed by atoms with van der Waals surface area (Å²) >= 11 is 0. The van der Waals surface area contributed by atoms with E-state index < -0.39 is 6.10 Å². The van der Waals surface area contributed by atoms with Crippen LogP contribution in [0, 0.1) is 0 Å². The van der Waals surface area contributed by atoms with Gasteiger partial charge in [0.2, 0.25) is 0 Å². The molecule has 0 bridgehead atoms. The van der Waals surface area contributed by atoms with E-state index >= 15 is 0 Å². The Morgan fingerprint density at radius 1 is 1.23 bits per heavy atom. The van der Waals surface area contributed by atoms with Crippen LogP contribution in [0.1, 0.15) is 24.2 Å². The van der Waals surface area contributed by atoms with Gasteiger partial charge in [-0.25, -0.2) is 0 Å². The molecule has 6 nitrogen and oxygen atoms in total. The van der Waals surface area contributed by atoms with E-state index in [1.54, 1.807) is 31.6 Å². The molecule has 2 aromatic rings. The second kappa shape index (κ2) is 11.7. The van der Waals surface area contributed by atoms with Gasteiger partial charge in [-0.15, -0.1) is 24.0 Å². The van der Waals surface area contributed by atoms with Gasteiger partial charge >= 0.3 is 0 Å². The van der Waals surface area contributed by atoms with Crippen molar-refractivity contribution in [1.29, 1.82) is 0 Å². The predicted octanol–water partition coefficient (Wildman–Crippen LogP) is 2.84. The maximum Gasteiger partial charge on any atom is 0.194 e. The molecule has 0 saturated heterocycles. The molecule has 26 heavy (non-hydrogen) atoms. The number of methoxy groups -OCH3 is 1. The summed E-state index contributed by atoms with van der Waals surface area (Å²) in [6, 6.07) is 11.6. The number of rotatable bonds is 7. The zero-order valence-corrected chi connectivity index (χ0v) is 17.8. The molecule has 0 aliphatic rings. The van der Waals surface area contributed by atoms with E-state index in [0.717, 1.165) is 29.4 Å². The van der Waals surface area contributed by atoms with Crippen LogP contribution < -0.4 is 10.1 Å². The molecule has 0 spiro atoms. The Kier molecular flexibility index (Phi) is 9.97. The molecule has 1 heterocycles. The normalized spacial score (nSPS) is 12.1. The molecule has 1 aromatic carbocycles. The number of benzene rings is 1. The molecule has 0 fully saturated rings. The summed E-state index contributed by atoms with van der Waals surface area (Å²) in [6.07, 6.45) is 2.69. The highest BCUT2D eigenvalue weighted by Gasteiger charge is 2.10. The van der Waals surface area contributed by atoms with Crippen molar-refractivity contribution in [3.05, 3.63) is 59.9 Å². The number of aliphatic hydroxyl groups is 1. The van der Waals surface area contributed by atoms with Gasteiger partial charge in [-0.2, -0.15) is 0 Å². The molecule has 1 atom stereocenters. The Balaban J connectivity index is 0.00000338. The Morgan fingerprint density at radius 3 is 2.46 bits per heavy atom. The maximum absolute atomic E-state index is 10.3. The molecular formula is C19H27IN4O2. The number of hydrogen-bond donors (Lipinski definition) is 2. The Labute approximate surface area is 172 Å². The third-order valence-corrected chi connectivity index (χ3v) is 3.78. The van der Waals surface area contributed by atoms with Crippen molar-refractivity contribution < 1.29 is 9.84 Å². The fraction of sp³-hybridized carbons (Fsp3) is 0.368. The first-order valence-electron chi connectivity index (χ1n) is 8.34. The van der Waals surface area contributed by atoms with E-state index in [1.165, 1.54) is 0 Å². The van der Waals surface area contributed by atoms with Gasteiger partial charge in [0.15, 0.2) is 5.96 Å². The van der Waals surface area contributed by atoms with Crippen molar-refractivity contribution in [3.8, 4) is 5.75 Å². The van der Waals surface area contributed by atoms with Gasteiger partial charge in [0.25, 0.3) is 0 Å². The van der Waals surface area contributed by atoms with Gasteiger partial charge in [0, 0.05) is 32.5 Å². The van der Waals surface area contributed by atoms with Crippen LogP contribution in [0.4, 0.5) is 0 Å². The lowest BCUT2D eigenvalue weighted by Crippen LogP contribution is -2.38. The third kappa shape index (κ3) is 6.80. The van der Waals surface area contributed by atoms with Crippen LogP contribution in [0.15, 0.2) is 53.8 Å². The number of nitrogens with zero attached hydrogens (tertiary/aromatic N) is 3. The topological polar surface area (TPSA) is 70.0 Å². The van der Waals surface area contributed by atoms with Crippen LogP contribution in [0.3, 0.4) is 0 Å². The Bertz CT molecular complexity index is 665. The predicted molar refractivity (Wildman–Crippen MR) is 115 cm³/mol. The van der Waals surface area contributed by atoms with Crippen molar-refractivity contribution in [3.63, 3.8) is 0 Å². The monoisotopic (exact) mass is 470 g/mol. The number of hydrogen-bond acceptors (Lipinski definition) is 4. The minimum atomic E-state index is -0.647. The van der Waals surface area contributed by atoms with Crippen LogP contribution >= 0.6 is 24.0 Å². The quantitative estimate of drug-likeness (QED) is 0.370. The number of ether oxygens (including phenoxy) is 1. The number of pyridine rings is 1. The molecule has 2 rings (SSSR count). The van der Waals surface area contributed by atoms with Crippen LogP contribution in [-0.4, -0.2) is 48.2 Å². The molecule has 0 radical (unpaired) electrons.